The number of hydrogen-bond donors (Lipinski definition) is 3. The van der Waals surface area contributed by atoms with Gasteiger partial charge in [-0.2, -0.15) is 10.1 Å². The molecule has 0 radical (unpaired) electrons. The molecule has 1 aliphatic heterocycles. The number of amides is 1. The molecule has 5 rings (SSSR count). The summed E-state index contributed by atoms with van der Waals surface area (Å²) < 4.78 is 0. The van der Waals surface area contributed by atoms with Crippen LogP contribution in [0.15, 0.2) is 30.6 Å². The highest BCUT2D eigenvalue weighted by atomic mass is 16.2. The van der Waals surface area contributed by atoms with E-state index >= 15 is 0 Å². The first-order chi connectivity index (χ1) is 15.6. The van der Waals surface area contributed by atoms with Crippen LogP contribution in [0.4, 0.5) is 23.3 Å². The first kappa shape index (κ1) is 20.4. The number of aromatic nitrogens is 5. The van der Waals surface area contributed by atoms with Gasteiger partial charge < -0.3 is 15.5 Å². The molecule has 9 heteroatoms. The molecule has 0 saturated carbocycles. The van der Waals surface area contributed by atoms with E-state index in [1.54, 1.807) is 12.4 Å². The molecule has 2 aliphatic rings. The van der Waals surface area contributed by atoms with Crippen molar-refractivity contribution in [3.05, 3.63) is 47.5 Å². The highest BCUT2D eigenvalue weighted by Crippen LogP contribution is 2.33. The van der Waals surface area contributed by atoms with Gasteiger partial charge in [-0.1, -0.05) is 13.8 Å². The van der Waals surface area contributed by atoms with Gasteiger partial charge in [0.1, 0.15) is 11.9 Å². The predicted molar refractivity (Wildman–Crippen MR) is 123 cm³/mol. The van der Waals surface area contributed by atoms with E-state index in [4.69, 9.17) is 9.97 Å². The summed E-state index contributed by atoms with van der Waals surface area (Å²) in [4.78, 5) is 28.8. The van der Waals surface area contributed by atoms with Crippen LogP contribution in [-0.4, -0.2) is 43.6 Å². The molecule has 0 aromatic carbocycles. The van der Waals surface area contributed by atoms with Crippen LogP contribution in [0, 0.1) is 0 Å². The molecule has 1 amide bonds. The lowest BCUT2D eigenvalue weighted by Crippen LogP contribution is -2.40. The summed E-state index contributed by atoms with van der Waals surface area (Å²) in [5, 5.41) is 13.9. The third-order valence-corrected chi connectivity index (χ3v) is 6.13. The van der Waals surface area contributed by atoms with Crippen molar-refractivity contribution in [2.24, 2.45) is 0 Å². The van der Waals surface area contributed by atoms with E-state index < -0.39 is 0 Å². The minimum absolute atomic E-state index is 0.0528. The van der Waals surface area contributed by atoms with Crippen LogP contribution in [0.3, 0.4) is 0 Å². The molecule has 0 spiro atoms. The van der Waals surface area contributed by atoms with Crippen molar-refractivity contribution in [1.82, 2.24) is 25.1 Å². The van der Waals surface area contributed by atoms with Crippen LogP contribution < -0.4 is 15.5 Å². The lowest BCUT2D eigenvalue weighted by atomic mass is 10.1. The Morgan fingerprint density at radius 2 is 2.16 bits per heavy atom. The predicted octanol–water partition coefficient (Wildman–Crippen LogP) is 3.56. The van der Waals surface area contributed by atoms with Crippen LogP contribution >= 0.6 is 0 Å². The van der Waals surface area contributed by atoms with Crippen LogP contribution in [0.25, 0.3) is 0 Å². The Morgan fingerprint density at radius 3 is 2.94 bits per heavy atom. The van der Waals surface area contributed by atoms with Gasteiger partial charge in [0.25, 0.3) is 0 Å². The average molecular weight is 433 g/mol. The number of nitrogens with one attached hydrogen (secondary N) is 3. The van der Waals surface area contributed by atoms with Crippen molar-refractivity contribution in [3.8, 4) is 0 Å². The molecule has 32 heavy (non-hydrogen) atoms. The van der Waals surface area contributed by atoms with Gasteiger partial charge in [-0.3, -0.25) is 14.9 Å². The highest BCUT2D eigenvalue weighted by molar-refractivity contribution is 5.96. The van der Waals surface area contributed by atoms with Crippen LogP contribution in [0.1, 0.15) is 56.0 Å². The standard InChI is InChI=1S/C23H28N8O/c1-14(2)18-12-20(30-29-18)27-21-16-7-3-8-17(16)26-23(28-21)31-11-5-9-19(31)22(32)25-15-6-4-10-24-13-15/h4,6,10,12-14,19H,3,5,7-9,11H2,1-2H3,(H,25,32)(H2,26,27,28,29,30)/t19-/m0/s1. The number of carbonyl (C=O) groups is 1. The Balaban J connectivity index is 1.41. The first-order valence-electron chi connectivity index (χ1n) is 11.3. The van der Waals surface area contributed by atoms with Gasteiger partial charge in [0.05, 0.1) is 17.6 Å². The summed E-state index contributed by atoms with van der Waals surface area (Å²) in [6, 6.07) is 5.37. The van der Waals surface area contributed by atoms with Gasteiger partial charge in [0, 0.05) is 30.1 Å². The Kier molecular flexibility index (Phi) is 5.46. The third-order valence-electron chi connectivity index (χ3n) is 6.13. The van der Waals surface area contributed by atoms with Crippen molar-refractivity contribution in [2.45, 2.75) is 57.9 Å². The van der Waals surface area contributed by atoms with E-state index in [-0.39, 0.29) is 11.9 Å². The maximum Gasteiger partial charge on any atom is 0.247 e. The second-order valence-corrected chi connectivity index (χ2v) is 8.72. The number of rotatable bonds is 6. The molecule has 1 fully saturated rings. The number of pyridine rings is 1. The molecule has 166 valence electrons. The van der Waals surface area contributed by atoms with E-state index in [9.17, 15) is 4.79 Å². The van der Waals surface area contributed by atoms with Gasteiger partial charge in [0.15, 0.2) is 5.82 Å². The Morgan fingerprint density at radius 1 is 1.25 bits per heavy atom. The van der Waals surface area contributed by atoms with Gasteiger partial charge in [0.2, 0.25) is 11.9 Å². The number of H-pyrrole nitrogens is 1. The van der Waals surface area contributed by atoms with Crippen LogP contribution in [-0.2, 0) is 17.6 Å². The van der Waals surface area contributed by atoms with E-state index in [0.29, 0.717) is 17.6 Å². The number of aromatic amines is 1. The molecule has 4 heterocycles. The Hall–Kier alpha value is -3.49. The molecular formula is C23H28N8O. The van der Waals surface area contributed by atoms with Crippen LogP contribution in [0.5, 0.6) is 0 Å². The maximum atomic E-state index is 13.0. The summed E-state index contributed by atoms with van der Waals surface area (Å²) in [5.41, 5.74) is 3.99. The molecule has 0 bridgehead atoms. The summed E-state index contributed by atoms with van der Waals surface area (Å²) >= 11 is 0. The lowest BCUT2D eigenvalue weighted by Gasteiger charge is -2.25. The van der Waals surface area contributed by atoms with Gasteiger partial charge in [-0.25, -0.2) is 4.98 Å². The van der Waals surface area contributed by atoms with E-state index in [1.807, 2.05) is 23.1 Å². The fourth-order valence-electron chi connectivity index (χ4n) is 4.41. The number of fused-ring (bicyclic) bond motifs is 1. The third kappa shape index (κ3) is 4.02. The molecule has 3 N–H and O–H groups in total. The monoisotopic (exact) mass is 432 g/mol. The summed E-state index contributed by atoms with van der Waals surface area (Å²) in [5.74, 6) is 2.47. The normalized spacial score (nSPS) is 17.6. The molecule has 9 nitrogen and oxygen atoms in total. The second-order valence-electron chi connectivity index (χ2n) is 8.72. The zero-order valence-electron chi connectivity index (χ0n) is 18.4. The maximum absolute atomic E-state index is 13.0. The molecule has 3 aromatic heterocycles. The fourth-order valence-corrected chi connectivity index (χ4v) is 4.41. The topological polar surface area (TPSA) is 112 Å². The summed E-state index contributed by atoms with van der Waals surface area (Å²) in [6.07, 6.45) is 7.97. The lowest BCUT2D eigenvalue weighted by molar-refractivity contribution is -0.117. The van der Waals surface area contributed by atoms with Crippen molar-refractivity contribution >= 4 is 29.2 Å². The van der Waals surface area contributed by atoms with Crippen molar-refractivity contribution in [1.29, 1.82) is 0 Å². The number of hydrogen-bond acceptors (Lipinski definition) is 7. The second kappa shape index (κ2) is 8.57. The van der Waals surface area contributed by atoms with Crippen molar-refractivity contribution in [2.75, 3.05) is 22.1 Å². The zero-order chi connectivity index (χ0) is 22.1. The van der Waals surface area contributed by atoms with Crippen molar-refractivity contribution in [3.63, 3.8) is 0 Å². The fraction of sp³-hybridized carbons (Fsp3) is 0.435. The minimum atomic E-state index is -0.305. The molecule has 0 unspecified atom stereocenters. The number of anilines is 4. The van der Waals surface area contributed by atoms with E-state index in [1.165, 1.54) is 0 Å². The largest absolute Gasteiger partial charge is 0.329 e. The Bertz CT molecular complexity index is 1110. The first-order valence-corrected chi connectivity index (χ1v) is 11.3. The van der Waals surface area contributed by atoms with Gasteiger partial charge in [-0.15, -0.1) is 0 Å². The molecule has 3 aromatic rings. The summed E-state index contributed by atoms with van der Waals surface area (Å²) in [6.45, 7) is 5.01. The van der Waals surface area contributed by atoms with Crippen molar-refractivity contribution < 1.29 is 4.79 Å². The number of carbonyl (C=O) groups excluding carboxylic acids is 1. The van der Waals surface area contributed by atoms with Gasteiger partial charge >= 0.3 is 0 Å². The van der Waals surface area contributed by atoms with E-state index in [0.717, 1.165) is 67.2 Å². The average Bonchev–Trinajstić information content (AvgIpc) is 3.54. The van der Waals surface area contributed by atoms with E-state index in [2.05, 4.69) is 39.7 Å². The quantitative estimate of drug-likeness (QED) is 0.546. The van der Waals surface area contributed by atoms with Gasteiger partial charge in [-0.05, 0) is 50.2 Å². The number of nitrogens with zero attached hydrogens (tertiary/aromatic N) is 5. The molecule has 1 atom stereocenters. The number of aryl methyl sites for hydroxylation is 1. The summed E-state index contributed by atoms with van der Waals surface area (Å²) in [7, 11) is 0. The zero-order valence-corrected chi connectivity index (χ0v) is 18.4. The highest BCUT2D eigenvalue weighted by Gasteiger charge is 2.34. The molecule has 1 saturated heterocycles. The minimum Gasteiger partial charge on any atom is -0.329 e. The SMILES string of the molecule is CC(C)c1cc(Nc2nc(N3CCC[C@H]3C(=O)Nc3cccnc3)nc3c2CCC3)n[nH]1. The van der Waals surface area contributed by atoms with Crippen LogP contribution in [0.2, 0.25) is 0 Å². The smallest absolute Gasteiger partial charge is 0.247 e. The Labute approximate surface area is 187 Å². The molecule has 1 aliphatic carbocycles. The molecular weight excluding hydrogens is 404 g/mol.